The summed E-state index contributed by atoms with van der Waals surface area (Å²) >= 11 is 0. The molecule has 0 spiro atoms. The SMILES string of the molecule is CC(O)C1N(C(C)O)CNCN1C(C)O. The highest BCUT2D eigenvalue weighted by atomic mass is 16.3. The van der Waals surface area contributed by atoms with Crippen molar-refractivity contribution in [2.24, 2.45) is 0 Å². The van der Waals surface area contributed by atoms with E-state index in [1.807, 2.05) is 0 Å². The summed E-state index contributed by atoms with van der Waals surface area (Å²) < 4.78 is 0. The van der Waals surface area contributed by atoms with Crippen molar-refractivity contribution in [3.8, 4) is 0 Å². The van der Waals surface area contributed by atoms with E-state index in [0.717, 1.165) is 0 Å². The minimum absolute atomic E-state index is 0.369. The van der Waals surface area contributed by atoms with Crippen molar-refractivity contribution < 1.29 is 15.3 Å². The first-order valence-corrected chi connectivity index (χ1v) is 5.21. The van der Waals surface area contributed by atoms with Gasteiger partial charge in [-0.2, -0.15) is 0 Å². The summed E-state index contributed by atoms with van der Waals surface area (Å²) in [4.78, 5) is 3.39. The van der Waals surface area contributed by atoms with Gasteiger partial charge in [-0.05, 0) is 20.8 Å². The van der Waals surface area contributed by atoms with Crippen LogP contribution in [0.15, 0.2) is 0 Å². The summed E-state index contributed by atoms with van der Waals surface area (Å²) in [5, 5.41) is 31.9. The van der Waals surface area contributed by atoms with Crippen molar-refractivity contribution in [1.82, 2.24) is 15.1 Å². The van der Waals surface area contributed by atoms with Gasteiger partial charge in [0.2, 0.25) is 0 Å². The molecule has 6 nitrogen and oxygen atoms in total. The summed E-state index contributed by atoms with van der Waals surface area (Å²) in [5.41, 5.74) is 0. The maximum Gasteiger partial charge on any atom is 0.106 e. The standard InChI is InChI=1S/C9H21N3O3/c1-6(13)9-11(7(2)14)4-10-5-12(9)8(3)15/h6-10,13-15H,4-5H2,1-3H3. The van der Waals surface area contributed by atoms with E-state index in [1.165, 1.54) is 0 Å². The predicted octanol–water partition coefficient (Wildman–Crippen LogP) is -1.51. The Balaban J connectivity index is 2.80. The Morgan fingerprint density at radius 3 is 1.67 bits per heavy atom. The first kappa shape index (κ1) is 12.8. The second kappa shape index (κ2) is 5.20. The molecule has 15 heavy (non-hydrogen) atoms. The van der Waals surface area contributed by atoms with Crippen molar-refractivity contribution in [3.05, 3.63) is 0 Å². The Labute approximate surface area is 90.1 Å². The average Bonchev–Trinajstić information content (AvgIpc) is 2.16. The van der Waals surface area contributed by atoms with Gasteiger partial charge in [0.1, 0.15) is 12.5 Å². The minimum Gasteiger partial charge on any atom is -0.390 e. The summed E-state index contributed by atoms with van der Waals surface area (Å²) in [7, 11) is 0. The van der Waals surface area contributed by atoms with Crippen LogP contribution in [0.25, 0.3) is 0 Å². The zero-order chi connectivity index (χ0) is 11.6. The number of aliphatic hydroxyl groups excluding tert-OH is 3. The smallest absolute Gasteiger partial charge is 0.106 e. The van der Waals surface area contributed by atoms with Gasteiger partial charge < -0.3 is 15.3 Å². The summed E-state index contributed by atoms with van der Waals surface area (Å²) in [5.74, 6) is 0. The van der Waals surface area contributed by atoms with Crippen LogP contribution in [-0.4, -0.2) is 63.2 Å². The van der Waals surface area contributed by atoms with E-state index in [2.05, 4.69) is 5.32 Å². The summed E-state index contributed by atoms with van der Waals surface area (Å²) in [6.07, 6.45) is -2.35. The van der Waals surface area contributed by atoms with Crippen molar-refractivity contribution in [2.45, 2.75) is 45.5 Å². The lowest BCUT2D eigenvalue weighted by Crippen LogP contribution is -2.67. The average molecular weight is 219 g/mol. The van der Waals surface area contributed by atoms with E-state index in [4.69, 9.17) is 0 Å². The summed E-state index contributed by atoms with van der Waals surface area (Å²) in [6, 6.07) is 0. The fourth-order valence-corrected chi connectivity index (χ4v) is 1.95. The van der Waals surface area contributed by atoms with Gasteiger partial charge in [-0.25, -0.2) is 9.80 Å². The molecule has 1 fully saturated rings. The van der Waals surface area contributed by atoms with Gasteiger partial charge in [-0.3, -0.25) is 5.32 Å². The van der Waals surface area contributed by atoms with E-state index < -0.39 is 18.6 Å². The highest BCUT2D eigenvalue weighted by molar-refractivity contribution is 4.81. The quantitative estimate of drug-likeness (QED) is 0.462. The number of rotatable bonds is 3. The second-order valence-electron chi connectivity index (χ2n) is 4.01. The third kappa shape index (κ3) is 2.87. The third-order valence-electron chi connectivity index (χ3n) is 2.66. The molecule has 0 aliphatic carbocycles. The first-order chi connectivity index (χ1) is 6.95. The molecular weight excluding hydrogens is 198 g/mol. The van der Waals surface area contributed by atoms with Gasteiger partial charge >= 0.3 is 0 Å². The topological polar surface area (TPSA) is 79.2 Å². The van der Waals surface area contributed by atoms with E-state index in [1.54, 1.807) is 30.6 Å². The minimum atomic E-state index is -0.668. The first-order valence-electron chi connectivity index (χ1n) is 5.21. The summed E-state index contributed by atoms with van der Waals surface area (Å²) in [6.45, 7) is 5.93. The van der Waals surface area contributed by atoms with Crippen molar-refractivity contribution in [1.29, 1.82) is 0 Å². The zero-order valence-corrected chi connectivity index (χ0v) is 9.46. The Bertz CT molecular complexity index is 183. The van der Waals surface area contributed by atoms with Gasteiger partial charge in [0.05, 0.1) is 25.6 Å². The van der Waals surface area contributed by atoms with Crippen molar-refractivity contribution in [3.63, 3.8) is 0 Å². The molecule has 3 atom stereocenters. The van der Waals surface area contributed by atoms with Crippen molar-refractivity contribution >= 4 is 0 Å². The highest BCUT2D eigenvalue weighted by Crippen LogP contribution is 2.17. The molecule has 4 N–H and O–H groups in total. The predicted molar refractivity (Wildman–Crippen MR) is 55.4 cm³/mol. The van der Waals surface area contributed by atoms with Gasteiger partial charge in [0.15, 0.2) is 0 Å². The van der Waals surface area contributed by atoms with Crippen LogP contribution in [0, 0.1) is 0 Å². The number of aliphatic hydroxyl groups is 3. The maximum atomic E-state index is 9.68. The highest BCUT2D eigenvalue weighted by Gasteiger charge is 2.36. The van der Waals surface area contributed by atoms with Crippen LogP contribution < -0.4 is 5.32 Å². The molecule has 0 bridgehead atoms. The molecule has 0 aromatic heterocycles. The molecule has 1 aliphatic rings. The monoisotopic (exact) mass is 219 g/mol. The van der Waals surface area contributed by atoms with Gasteiger partial charge in [-0.15, -0.1) is 0 Å². The van der Waals surface area contributed by atoms with Crippen LogP contribution in [-0.2, 0) is 0 Å². The molecule has 1 heterocycles. The molecule has 3 unspecified atom stereocenters. The van der Waals surface area contributed by atoms with Crippen molar-refractivity contribution in [2.75, 3.05) is 13.3 Å². The van der Waals surface area contributed by atoms with E-state index in [9.17, 15) is 15.3 Å². The Morgan fingerprint density at radius 1 is 1.00 bits per heavy atom. The molecule has 0 aromatic carbocycles. The largest absolute Gasteiger partial charge is 0.390 e. The Kier molecular flexibility index (Phi) is 4.45. The fraction of sp³-hybridized carbons (Fsp3) is 1.00. The fourth-order valence-electron chi connectivity index (χ4n) is 1.95. The van der Waals surface area contributed by atoms with E-state index >= 15 is 0 Å². The van der Waals surface area contributed by atoms with Gasteiger partial charge in [-0.1, -0.05) is 0 Å². The van der Waals surface area contributed by atoms with E-state index in [0.29, 0.717) is 13.3 Å². The lowest BCUT2D eigenvalue weighted by atomic mass is 10.2. The van der Waals surface area contributed by atoms with Crippen LogP contribution in [0.3, 0.4) is 0 Å². The molecule has 1 rings (SSSR count). The molecule has 1 aliphatic heterocycles. The molecule has 1 saturated heterocycles. The second-order valence-corrected chi connectivity index (χ2v) is 4.01. The van der Waals surface area contributed by atoms with Crippen LogP contribution in [0.2, 0.25) is 0 Å². The Hall–Kier alpha value is -0.240. The molecule has 0 aromatic rings. The molecule has 0 radical (unpaired) electrons. The van der Waals surface area contributed by atoms with Crippen LogP contribution in [0.4, 0.5) is 0 Å². The van der Waals surface area contributed by atoms with Gasteiger partial charge in [0.25, 0.3) is 0 Å². The zero-order valence-electron chi connectivity index (χ0n) is 9.46. The Morgan fingerprint density at radius 2 is 1.40 bits per heavy atom. The lowest BCUT2D eigenvalue weighted by Gasteiger charge is -2.47. The molecule has 0 saturated carbocycles. The maximum absolute atomic E-state index is 9.68. The third-order valence-corrected chi connectivity index (χ3v) is 2.66. The normalized spacial score (nSPS) is 31.2. The van der Waals surface area contributed by atoms with Crippen LogP contribution in [0.5, 0.6) is 0 Å². The molecule has 6 heteroatoms. The molecule has 0 amide bonds. The van der Waals surface area contributed by atoms with Crippen LogP contribution >= 0.6 is 0 Å². The molecular formula is C9H21N3O3. The van der Waals surface area contributed by atoms with Crippen LogP contribution in [0.1, 0.15) is 20.8 Å². The number of hydrogen-bond acceptors (Lipinski definition) is 6. The van der Waals surface area contributed by atoms with E-state index in [-0.39, 0.29) is 6.17 Å². The molecule has 90 valence electrons. The number of hydrogen-bond donors (Lipinski definition) is 4. The van der Waals surface area contributed by atoms with Gasteiger partial charge in [0, 0.05) is 0 Å². The number of nitrogens with one attached hydrogen (secondary N) is 1. The number of nitrogens with zero attached hydrogens (tertiary/aromatic N) is 2. The lowest BCUT2D eigenvalue weighted by molar-refractivity contribution is -0.176.